The van der Waals surface area contributed by atoms with Crippen molar-refractivity contribution in [2.75, 3.05) is 26.8 Å². The number of carboxylic acids is 1. The topological polar surface area (TPSA) is 70.1 Å². The summed E-state index contributed by atoms with van der Waals surface area (Å²) in [7, 11) is 1.62. The maximum absolute atomic E-state index is 12.8. The fourth-order valence-electron chi connectivity index (χ4n) is 3.02. The number of hydrogen-bond donors (Lipinski definition) is 1. The Balaban J connectivity index is 2.79. The van der Waals surface area contributed by atoms with E-state index in [1.165, 1.54) is 0 Å². The lowest BCUT2D eigenvalue weighted by atomic mass is 10.1. The highest BCUT2D eigenvalue weighted by Gasteiger charge is 2.34. The van der Waals surface area contributed by atoms with Crippen LogP contribution in [0.25, 0.3) is 0 Å². The van der Waals surface area contributed by atoms with E-state index in [-0.39, 0.29) is 24.5 Å². The number of amides is 2. The lowest BCUT2D eigenvalue weighted by molar-refractivity contribution is -0.138. The number of carbonyl (C=O) groups excluding carboxylic acids is 1. The van der Waals surface area contributed by atoms with Gasteiger partial charge < -0.3 is 19.6 Å². The minimum atomic E-state index is -0.842. The molecule has 1 aliphatic heterocycles. The molecule has 122 valence electrons. The molecule has 0 bridgehead atoms. The number of carboxylic acid groups (broad SMARTS) is 1. The Bertz CT molecular complexity index is 345. The second kappa shape index (κ2) is 8.87. The summed E-state index contributed by atoms with van der Waals surface area (Å²) in [5, 5.41) is 8.98. The number of aliphatic carboxylic acids is 1. The van der Waals surface area contributed by atoms with Crippen LogP contribution in [0.2, 0.25) is 0 Å². The Kier molecular flexibility index (Phi) is 7.50. The highest BCUT2D eigenvalue weighted by Crippen LogP contribution is 2.23. The van der Waals surface area contributed by atoms with Crippen LogP contribution >= 0.6 is 0 Å². The van der Waals surface area contributed by atoms with Crippen LogP contribution in [-0.4, -0.2) is 65.8 Å². The lowest BCUT2D eigenvalue weighted by Gasteiger charge is -2.36. The molecule has 0 aromatic rings. The predicted molar refractivity (Wildman–Crippen MR) is 80.3 cm³/mol. The number of rotatable bonds is 8. The normalized spacial score (nSPS) is 18.3. The van der Waals surface area contributed by atoms with E-state index >= 15 is 0 Å². The number of hydrogen-bond acceptors (Lipinski definition) is 3. The van der Waals surface area contributed by atoms with Crippen molar-refractivity contribution < 1.29 is 19.4 Å². The third kappa shape index (κ3) is 4.88. The first kappa shape index (κ1) is 17.8. The highest BCUT2D eigenvalue weighted by atomic mass is 16.5. The standard InChI is InChI=1S/C15H28N2O4/c1-4-12(5-2)17(9-10-21-3)15(20)16-8-6-7-13(16)11-14(18)19/h12-13H,4-11H2,1-3H3,(H,18,19). The maximum atomic E-state index is 12.8. The molecule has 0 aliphatic carbocycles. The summed E-state index contributed by atoms with van der Waals surface area (Å²) in [4.78, 5) is 27.3. The number of likely N-dealkylation sites (tertiary alicyclic amines) is 1. The lowest BCUT2D eigenvalue weighted by Crippen LogP contribution is -2.51. The Morgan fingerprint density at radius 2 is 2.05 bits per heavy atom. The van der Waals surface area contributed by atoms with E-state index in [4.69, 9.17) is 9.84 Å². The number of methoxy groups -OCH3 is 1. The first-order chi connectivity index (χ1) is 10.0. The van der Waals surface area contributed by atoms with Gasteiger partial charge in [0.25, 0.3) is 0 Å². The predicted octanol–water partition coefficient (Wildman–Crippen LogP) is 2.18. The third-order valence-corrected chi connectivity index (χ3v) is 4.20. The van der Waals surface area contributed by atoms with E-state index < -0.39 is 5.97 Å². The molecule has 1 heterocycles. The average molecular weight is 300 g/mol. The molecule has 2 amide bonds. The first-order valence-electron chi connectivity index (χ1n) is 7.83. The van der Waals surface area contributed by atoms with E-state index in [0.29, 0.717) is 19.7 Å². The minimum absolute atomic E-state index is 0.0345. The summed E-state index contributed by atoms with van der Waals surface area (Å²) in [6.45, 7) is 5.85. The summed E-state index contributed by atoms with van der Waals surface area (Å²) in [5.74, 6) is -0.842. The fourth-order valence-corrected chi connectivity index (χ4v) is 3.02. The van der Waals surface area contributed by atoms with Crippen molar-refractivity contribution >= 4 is 12.0 Å². The molecule has 1 saturated heterocycles. The summed E-state index contributed by atoms with van der Waals surface area (Å²) in [6.07, 6.45) is 3.48. The van der Waals surface area contributed by atoms with Gasteiger partial charge in [-0.15, -0.1) is 0 Å². The van der Waals surface area contributed by atoms with Crippen molar-refractivity contribution in [3.05, 3.63) is 0 Å². The molecule has 1 unspecified atom stereocenters. The molecule has 1 atom stereocenters. The molecule has 0 aromatic carbocycles. The van der Waals surface area contributed by atoms with Gasteiger partial charge in [-0.3, -0.25) is 4.79 Å². The Morgan fingerprint density at radius 1 is 1.38 bits per heavy atom. The van der Waals surface area contributed by atoms with Gasteiger partial charge in [-0.1, -0.05) is 13.8 Å². The molecule has 0 aromatic heterocycles. The monoisotopic (exact) mass is 300 g/mol. The Morgan fingerprint density at radius 3 is 2.57 bits per heavy atom. The SMILES string of the molecule is CCC(CC)N(CCOC)C(=O)N1CCCC1CC(=O)O. The van der Waals surface area contributed by atoms with Crippen molar-refractivity contribution in [2.24, 2.45) is 0 Å². The fraction of sp³-hybridized carbons (Fsp3) is 0.867. The Hall–Kier alpha value is -1.30. The molecule has 1 aliphatic rings. The summed E-state index contributed by atoms with van der Waals surface area (Å²) in [5.41, 5.74) is 0. The van der Waals surface area contributed by atoms with Crippen LogP contribution in [0.1, 0.15) is 46.0 Å². The second-order valence-corrected chi connectivity index (χ2v) is 5.53. The zero-order valence-electron chi connectivity index (χ0n) is 13.4. The Labute approximate surface area is 127 Å². The molecule has 0 saturated carbocycles. The van der Waals surface area contributed by atoms with E-state index in [9.17, 15) is 9.59 Å². The van der Waals surface area contributed by atoms with Crippen LogP contribution in [0.4, 0.5) is 4.79 Å². The van der Waals surface area contributed by atoms with Crippen molar-refractivity contribution in [3.8, 4) is 0 Å². The van der Waals surface area contributed by atoms with Crippen LogP contribution in [-0.2, 0) is 9.53 Å². The quantitative estimate of drug-likeness (QED) is 0.746. The second-order valence-electron chi connectivity index (χ2n) is 5.53. The van der Waals surface area contributed by atoms with Gasteiger partial charge in [0.15, 0.2) is 0 Å². The molecule has 1 fully saturated rings. The number of urea groups is 1. The molecule has 6 heteroatoms. The van der Waals surface area contributed by atoms with Crippen molar-refractivity contribution in [1.29, 1.82) is 0 Å². The van der Waals surface area contributed by atoms with E-state index in [0.717, 1.165) is 25.7 Å². The molecule has 21 heavy (non-hydrogen) atoms. The number of carbonyl (C=O) groups is 2. The molecule has 1 N–H and O–H groups in total. The van der Waals surface area contributed by atoms with E-state index in [1.54, 1.807) is 12.0 Å². The number of ether oxygens (including phenoxy) is 1. The van der Waals surface area contributed by atoms with E-state index in [1.807, 2.05) is 4.90 Å². The van der Waals surface area contributed by atoms with Gasteiger partial charge in [0.2, 0.25) is 0 Å². The largest absolute Gasteiger partial charge is 0.481 e. The summed E-state index contributed by atoms with van der Waals surface area (Å²) >= 11 is 0. The third-order valence-electron chi connectivity index (χ3n) is 4.20. The molecular formula is C15H28N2O4. The van der Waals surface area contributed by atoms with Crippen LogP contribution in [0.5, 0.6) is 0 Å². The smallest absolute Gasteiger partial charge is 0.320 e. The van der Waals surface area contributed by atoms with Crippen molar-refractivity contribution in [2.45, 2.75) is 58.0 Å². The van der Waals surface area contributed by atoms with Gasteiger partial charge in [-0.05, 0) is 25.7 Å². The molecule has 0 spiro atoms. The van der Waals surface area contributed by atoms with E-state index in [2.05, 4.69) is 13.8 Å². The van der Waals surface area contributed by atoms with Crippen LogP contribution in [0, 0.1) is 0 Å². The zero-order chi connectivity index (χ0) is 15.8. The highest BCUT2D eigenvalue weighted by molar-refractivity contribution is 5.77. The molecule has 1 rings (SSSR count). The van der Waals surface area contributed by atoms with Gasteiger partial charge in [-0.25, -0.2) is 4.79 Å². The number of nitrogens with zero attached hydrogens (tertiary/aromatic N) is 2. The molecular weight excluding hydrogens is 272 g/mol. The van der Waals surface area contributed by atoms with Gasteiger partial charge in [0.05, 0.1) is 13.0 Å². The van der Waals surface area contributed by atoms with Gasteiger partial charge >= 0.3 is 12.0 Å². The van der Waals surface area contributed by atoms with Gasteiger partial charge in [0, 0.05) is 32.3 Å². The molecule has 0 radical (unpaired) electrons. The molecule has 6 nitrogen and oxygen atoms in total. The van der Waals surface area contributed by atoms with Crippen LogP contribution in [0.3, 0.4) is 0 Å². The maximum Gasteiger partial charge on any atom is 0.320 e. The van der Waals surface area contributed by atoms with Gasteiger partial charge in [0.1, 0.15) is 0 Å². The van der Waals surface area contributed by atoms with Crippen molar-refractivity contribution in [3.63, 3.8) is 0 Å². The zero-order valence-corrected chi connectivity index (χ0v) is 13.4. The van der Waals surface area contributed by atoms with Gasteiger partial charge in [-0.2, -0.15) is 0 Å². The average Bonchev–Trinajstić information content (AvgIpc) is 2.90. The van der Waals surface area contributed by atoms with Crippen LogP contribution < -0.4 is 0 Å². The van der Waals surface area contributed by atoms with Crippen molar-refractivity contribution in [1.82, 2.24) is 9.80 Å². The minimum Gasteiger partial charge on any atom is -0.481 e. The first-order valence-corrected chi connectivity index (χ1v) is 7.83. The van der Waals surface area contributed by atoms with Crippen LogP contribution in [0.15, 0.2) is 0 Å². The summed E-state index contributed by atoms with van der Waals surface area (Å²) in [6, 6.07) is -0.0300. The summed E-state index contributed by atoms with van der Waals surface area (Å²) < 4.78 is 5.11.